The highest BCUT2D eigenvalue weighted by Crippen LogP contribution is 2.30. The van der Waals surface area contributed by atoms with Crippen LogP contribution in [-0.2, 0) is 13.5 Å². The molecule has 4 nitrogen and oxygen atoms in total. The fraction of sp³-hybridized carbons (Fsp3) is 0.769. The van der Waals surface area contributed by atoms with Gasteiger partial charge in [-0.15, -0.1) is 0 Å². The average Bonchev–Trinajstić information content (AvgIpc) is 2.48. The molecule has 1 fully saturated rings. The lowest BCUT2D eigenvalue weighted by Crippen LogP contribution is -2.33. The summed E-state index contributed by atoms with van der Waals surface area (Å²) in [7, 11) is 4.06. The van der Waals surface area contributed by atoms with Crippen molar-refractivity contribution in [1.29, 1.82) is 0 Å². The molecule has 1 aliphatic rings. The van der Waals surface area contributed by atoms with Gasteiger partial charge < -0.3 is 10.0 Å². The van der Waals surface area contributed by atoms with Gasteiger partial charge in [-0.25, -0.2) is 0 Å². The van der Waals surface area contributed by atoms with Crippen molar-refractivity contribution in [1.82, 2.24) is 14.7 Å². The summed E-state index contributed by atoms with van der Waals surface area (Å²) < 4.78 is 2.92. The van der Waals surface area contributed by atoms with E-state index in [4.69, 9.17) is 0 Å². The first-order valence-corrected chi connectivity index (χ1v) is 7.29. The second-order valence-corrected chi connectivity index (χ2v) is 6.32. The third kappa shape index (κ3) is 2.95. The molecule has 1 atom stereocenters. The van der Waals surface area contributed by atoms with E-state index < -0.39 is 5.60 Å². The first kappa shape index (κ1) is 14.0. The molecule has 0 aromatic carbocycles. The van der Waals surface area contributed by atoms with Gasteiger partial charge in [0.1, 0.15) is 0 Å². The van der Waals surface area contributed by atoms with Gasteiger partial charge in [-0.3, -0.25) is 4.68 Å². The Morgan fingerprint density at radius 2 is 2.06 bits per heavy atom. The van der Waals surface area contributed by atoms with Crippen molar-refractivity contribution in [2.45, 2.75) is 38.2 Å². The van der Waals surface area contributed by atoms with Crippen LogP contribution >= 0.6 is 15.9 Å². The normalized spacial score (nSPS) is 26.3. The van der Waals surface area contributed by atoms with Gasteiger partial charge in [0, 0.05) is 20.0 Å². The van der Waals surface area contributed by atoms with Gasteiger partial charge in [0.15, 0.2) is 0 Å². The number of rotatable bonds is 2. The lowest BCUT2D eigenvalue weighted by Gasteiger charge is -2.26. The van der Waals surface area contributed by atoms with Crippen LogP contribution in [-0.4, -0.2) is 45.5 Å². The smallest absolute Gasteiger partial charge is 0.0738 e. The van der Waals surface area contributed by atoms with Crippen LogP contribution in [0.3, 0.4) is 0 Å². The summed E-state index contributed by atoms with van der Waals surface area (Å²) >= 11 is 3.58. The molecule has 1 aromatic rings. The van der Waals surface area contributed by atoms with E-state index in [0.29, 0.717) is 6.42 Å². The van der Waals surface area contributed by atoms with Crippen molar-refractivity contribution >= 4 is 15.9 Å². The largest absolute Gasteiger partial charge is 0.389 e. The first-order valence-electron chi connectivity index (χ1n) is 6.50. The van der Waals surface area contributed by atoms with Crippen molar-refractivity contribution in [3.8, 4) is 0 Å². The summed E-state index contributed by atoms with van der Waals surface area (Å²) in [5, 5.41) is 15.2. The molecule has 18 heavy (non-hydrogen) atoms. The van der Waals surface area contributed by atoms with E-state index in [2.05, 4.69) is 33.0 Å². The topological polar surface area (TPSA) is 41.3 Å². The molecule has 0 aliphatic carbocycles. The van der Waals surface area contributed by atoms with E-state index in [0.717, 1.165) is 48.2 Å². The van der Waals surface area contributed by atoms with Crippen LogP contribution in [0.15, 0.2) is 4.47 Å². The molecular formula is C13H22BrN3O. The Balaban J connectivity index is 2.16. The molecule has 5 heteroatoms. The number of hydrogen-bond acceptors (Lipinski definition) is 3. The molecule has 102 valence electrons. The molecule has 0 spiro atoms. The van der Waals surface area contributed by atoms with E-state index in [1.165, 1.54) is 0 Å². The van der Waals surface area contributed by atoms with E-state index in [-0.39, 0.29) is 0 Å². The van der Waals surface area contributed by atoms with Crippen LogP contribution in [0.5, 0.6) is 0 Å². The predicted octanol–water partition coefficient (Wildman–Crippen LogP) is 1.88. The lowest BCUT2D eigenvalue weighted by atomic mass is 9.89. The SMILES string of the molecule is Cc1nn(C)c(CC2(O)CCCN(C)CC2)c1Br. The Hall–Kier alpha value is -0.390. The van der Waals surface area contributed by atoms with E-state index in [1.54, 1.807) is 0 Å². The maximum absolute atomic E-state index is 10.8. The van der Waals surface area contributed by atoms with Gasteiger partial charge in [-0.2, -0.15) is 5.10 Å². The zero-order chi connectivity index (χ0) is 13.3. The minimum absolute atomic E-state index is 0.590. The van der Waals surface area contributed by atoms with Crippen LogP contribution in [0.1, 0.15) is 30.7 Å². The van der Waals surface area contributed by atoms with Crippen molar-refractivity contribution in [2.24, 2.45) is 7.05 Å². The van der Waals surface area contributed by atoms with Gasteiger partial charge in [-0.05, 0) is 55.7 Å². The molecule has 0 bridgehead atoms. The fourth-order valence-electron chi connectivity index (χ4n) is 2.67. The van der Waals surface area contributed by atoms with Gasteiger partial charge >= 0.3 is 0 Å². The van der Waals surface area contributed by atoms with Gasteiger partial charge in [0.25, 0.3) is 0 Å². The quantitative estimate of drug-likeness (QED) is 0.906. The van der Waals surface area contributed by atoms with Crippen LogP contribution in [0, 0.1) is 6.92 Å². The van der Waals surface area contributed by atoms with Crippen LogP contribution in [0.4, 0.5) is 0 Å². The number of hydrogen-bond donors (Lipinski definition) is 1. The summed E-state index contributed by atoms with van der Waals surface area (Å²) in [4.78, 5) is 2.29. The van der Waals surface area contributed by atoms with E-state index in [9.17, 15) is 5.11 Å². The Morgan fingerprint density at radius 3 is 2.67 bits per heavy atom. The Kier molecular flexibility index (Phi) is 4.14. The molecule has 1 saturated heterocycles. The minimum Gasteiger partial charge on any atom is -0.389 e. The molecule has 0 saturated carbocycles. The number of nitrogens with zero attached hydrogens (tertiary/aromatic N) is 3. The maximum Gasteiger partial charge on any atom is 0.0738 e. The average molecular weight is 316 g/mol. The van der Waals surface area contributed by atoms with Gasteiger partial charge in [0.05, 0.1) is 21.5 Å². The van der Waals surface area contributed by atoms with Gasteiger partial charge in [0.2, 0.25) is 0 Å². The van der Waals surface area contributed by atoms with Gasteiger partial charge in [-0.1, -0.05) is 0 Å². The van der Waals surface area contributed by atoms with Crippen LogP contribution < -0.4 is 0 Å². The molecule has 1 aliphatic heterocycles. The van der Waals surface area contributed by atoms with Crippen molar-refractivity contribution < 1.29 is 5.11 Å². The number of halogens is 1. The minimum atomic E-state index is -0.590. The Morgan fingerprint density at radius 1 is 1.33 bits per heavy atom. The highest BCUT2D eigenvalue weighted by atomic mass is 79.9. The zero-order valence-corrected chi connectivity index (χ0v) is 13.0. The van der Waals surface area contributed by atoms with Crippen LogP contribution in [0.2, 0.25) is 0 Å². The number of aliphatic hydroxyl groups is 1. The third-order valence-corrected chi connectivity index (χ3v) is 4.93. The molecule has 1 aromatic heterocycles. The van der Waals surface area contributed by atoms with Crippen molar-refractivity contribution in [3.63, 3.8) is 0 Å². The van der Waals surface area contributed by atoms with Crippen molar-refractivity contribution in [2.75, 3.05) is 20.1 Å². The maximum atomic E-state index is 10.8. The molecule has 2 rings (SSSR count). The van der Waals surface area contributed by atoms with Crippen molar-refractivity contribution in [3.05, 3.63) is 15.9 Å². The van der Waals surface area contributed by atoms with E-state index in [1.807, 2.05) is 18.7 Å². The monoisotopic (exact) mass is 315 g/mol. The summed E-state index contributed by atoms with van der Waals surface area (Å²) in [6.07, 6.45) is 3.44. The molecular weight excluding hydrogens is 294 g/mol. The molecule has 0 radical (unpaired) electrons. The molecule has 2 heterocycles. The number of likely N-dealkylation sites (tertiary alicyclic amines) is 1. The Bertz CT molecular complexity index is 432. The lowest BCUT2D eigenvalue weighted by molar-refractivity contribution is 0.0244. The summed E-state index contributed by atoms with van der Waals surface area (Å²) in [6, 6.07) is 0. The predicted molar refractivity (Wildman–Crippen MR) is 75.6 cm³/mol. The zero-order valence-electron chi connectivity index (χ0n) is 11.4. The molecule has 0 amide bonds. The fourth-order valence-corrected chi connectivity index (χ4v) is 3.15. The summed E-state index contributed by atoms with van der Waals surface area (Å²) in [6.45, 7) is 4.03. The highest BCUT2D eigenvalue weighted by Gasteiger charge is 2.31. The molecule has 1 unspecified atom stereocenters. The summed E-state index contributed by atoms with van der Waals surface area (Å²) in [5.41, 5.74) is 1.49. The third-order valence-electron chi connectivity index (χ3n) is 3.90. The Labute approximate surface area is 117 Å². The molecule has 1 N–H and O–H groups in total. The highest BCUT2D eigenvalue weighted by molar-refractivity contribution is 9.10. The standard InChI is InChI=1S/C13H22BrN3O/c1-10-12(14)11(17(3)15-10)9-13(18)5-4-7-16(2)8-6-13/h18H,4-9H2,1-3H3. The van der Waals surface area contributed by atoms with E-state index >= 15 is 0 Å². The summed E-state index contributed by atoms with van der Waals surface area (Å²) in [5.74, 6) is 0. The second kappa shape index (κ2) is 5.31. The number of aromatic nitrogens is 2. The van der Waals surface area contributed by atoms with Crippen LogP contribution in [0.25, 0.3) is 0 Å². The second-order valence-electron chi connectivity index (χ2n) is 5.53. The number of aryl methyl sites for hydroxylation is 2. The first-order chi connectivity index (χ1) is 8.41.